The Hall–Kier alpha value is -1.36. The topological polar surface area (TPSA) is 69.5 Å². The van der Waals surface area contributed by atoms with Crippen molar-refractivity contribution in [2.45, 2.75) is 6.92 Å². The van der Waals surface area contributed by atoms with Gasteiger partial charge in [-0.25, -0.2) is 10.0 Å². The normalized spacial score (nSPS) is 9.64. The second kappa shape index (κ2) is 3.16. The Labute approximate surface area is 63.9 Å². The molecule has 0 saturated heterocycles. The van der Waals surface area contributed by atoms with E-state index in [1.165, 1.54) is 12.3 Å². The summed E-state index contributed by atoms with van der Waals surface area (Å²) in [6, 6.07) is 1.34. The molecule has 5 nitrogen and oxygen atoms in total. The fourth-order valence-electron chi connectivity index (χ4n) is 0.605. The van der Waals surface area contributed by atoms with E-state index in [-0.39, 0.29) is 11.8 Å². The summed E-state index contributed by atoms with van der Waals surface area (Å²) in [6.45, 7) is 2.12. The lowest BCUT2D eigenvalue weighted by atomic mass is 10.6. The standard InChI is InChI=1S/C6H9N3O2/c1-2-9(11)6-7-4-3-5(10)8-6/h3-4,11H,2H2,1H3,(H,7,8,10). The number of hydrogen-bond acceptors (Lipinski definition) is 5. The third-order valence-corrected chi connectivity index (χ3v) is 1.16. The third kappa shape index (κ3) is 1.78. The summed E-state index contributed by atoms with van der Waals surface area (Å²) in [5.74, 6) is -0.0463. The molecule has 0 aromatic carbocycles. The molecule has 0 spiro atoms. The average molecular weight is 155 g/mol. The van der Waals surface area contributed by atoms with Crippen LogP contribution in [0.2, 0.25) is 0 Å². The monoisotopic (exact) mass is 155 g/mol. The van der Waals surface area contributed by atoms with Crippen molar-refractivity contribution in [2.24, 2.45) is 0 Å². The minimum Gasteiger partial charge on any atom is -0.493 e. The van der Waals surface area contributed by atoms with Gasteiger partial charge in [0.05, 0.1) is 0 Å². The Morgan fingerprint density at radius 3 is 2.91 bits per heavy atom. The van der Waals surface area contributed by atoms with E-state index in [2.05, 4.69) is 9.97 Å². The van der Waals surface area contributed by atoms with Gasteiger partial charge in [0.15, 0.2) is 0 Å². The van der Waals surface area contributed by atoms with Crippen LogP contribution in [0.1, 0.15) is 6.92 Å². The van der Waals surface area contributed by atoms with Crippen molar-refractivity contribution in [1.29, 1.82) is 0 Å². The maximum atomic E-state index is 9.05. The Bertz CT molecular complexity index is 241. The van der Waals surface area contributed by atoms with Crippen LogP contribution in [0.15, 0.2) is 12.3 Å². The highest BCUT2D eigenvalue weighted by Gasteiger charge is 2.02. The highest BCUT2D eigenvalue weighted by molar-refractivity contribution is 5.26. The molecule has 0 bridgehead atoms. The zero-order chi connectivity index (χ0) is 8.27. The first-order valence-electron chi connectivity index (χ1n) is 3.22. The molecule has 0 amide bonds. The molecule has 1 aromatic rings. The van der Waals surface area contributed by atoms with Gasteiger partial charge in [0.1, 0.15) is 0 Å². The van der Waals surface area contributed by atoms with Gasteiger partial charge >= 0.3 is 0 Å². The molecule has 0 atom stereocenters. The maximum Gasteiger partial charge on any atom is 0.252 e. The Morgan fingerprint density at radius 1 is 1.64 bits per heavy atom. The van der Waals surface area contributed by atoms with Crippen LogP contribution in [-0.4, -0.2) is 26.8 Å². The first kappa shape index (κ1) is 7.74. The summed E-state index contributed by atoms with van der Waals surface area (Å²) in [7, 11) is 0. The zero-order valence-electron chi connectivity index (χ0n) is 6.10. The summed E-state index contributed by atoms with van der Waals surface area (Å²) >= 11 is 0. The first-order valence-corrected chi connectivity index (χ1v) is 3.22. The predicted molar refractivity (Wildman–Crippen MR) is 38.5 cm³/mol. The number of hydroxylamine groups is 1. The highest BCUT2D eigenvalue weighted by Crippen LogP contribution is 2.07. The first-order chi connectivity index (χ1) is 5.24. The lowest BCUT2D eigenvalue weighted by Crippen LogP contribution is -2.19. The molecule has 0 aliphatic rings. The largest absolute Gasteiger partial charge is 0.493 e. The fraction of sp³-hybridized carbons (Fsp3) is 0.333. The van der Waals surface area contributed by atoms with Crippen molar-refractivity contribution in [3.63, 3.8) is 0 Å². The molecule has 5 heteroatoms. The molecule has 2 N–H and O–H groups in total. The van der Waals surface area contributed by atoms with E-state index in [0.29, 0.717) is 6.54 Å². The summed E-state index contributed by atoms with van der Waals surface area (Å²) < 4.78 is 0. The van der Waals surface area contributed by atoms with Crippen LogP contribution < -0.4 is 5.06 Å². The Morgan fingerprint density at radius 2 is 2.36 bits per heavy atom. The molecular formula is C6H9N3O2. The van der Waals surface area contributed by atoms with Crippen LogP contribution in [0.25, 0.3) is 0 Å². The molecule has 0 fully saturated rings. The van der Waals surface area contributed by atoms with Gasteiger partial charge < -0.3 is 5.11 Å². The summed E-state index contributed by atoms with van der Waals surface area (Å²) in [5, 5.41) is 18.8. The van der Waals surface area contributed by atoms with Gasteiger partial charge in [0, 0.05) is 18.8 Å². The van der Waals surface area contributed by atoms with E-state index in [1.807, 2.05) is 0 Å². The van der Waals surface area contributed by atoms with E-state index < -0.39 is 0 Å². The van der Waals surface area contributed by atoms with E-state index in [0.717, 1.165) is 5.06 Å². The van der Waals surface area contributed by atoms with Gasteiger partial charge in [0.2, 0.25) is 5.88 Å². The van der Waals surface area contributed by atoms with Crippen LogP contribution in [0.5, 0.6) is 5.88 Å². The van der Waals surface area contributed by atoms with E-state index in [4.69, 9.17) is 10.3 Å². The second-order valence-electron chi connectivity index (χ2n) is 1.93. The average Bonchev–Trinajstić information content (AvgIpc) is 2.03. The van der Waals surface area contributed by atoms with Gasteiger partial charge in [-0.1, -0.05) is 0 Å². The van der Waals surface area contributed by atoms with Crippen LogP contribution in [0.3, 0.4) is 0 Å². The summed E-state index contributed by atoms with van der Waals surface area (Å²) in [4.78, 5) is 7.28. The Balaban J connectivity index is 2.86. The lowest BCUT2D eigenvalue weighted by molar-refractivity contribution is 0.252. The van der Waals surface area contributed by atoms with Gasteiger partial charge in [-0.2, -0.15) is 4.98 Å². The molecule has 0 aliphatic heterocycles. The third-order valence-electron chi connectivity index (χ3n) is 1.16. The molecule has 1 heterocycles. The maximum absolute atomic E-state index is 9.05. The lowest BCUT2D eigenvalue weighted by Gasteiger charge is -2.10. The highest BCUT2D eigenvalue weighted by atomic mass is 16.5. The Kier molecular flexibility index (Phi) is 2.22. The molecule has 1 rings (SSSR count). The minimum absolute atomic E-state index is 0.104. The molecule has 0 unspecified atom stereocenters. The number of aromatic nitrogens is 2. The van der Waals surface area contributed by atoms with Crippen molar-refractivity contribution >= 4 is 5.95 Å². The number of aromatic hydroxyl groups is 1. The van der Waals surface area contributed by atoms with Crippen LogP contribution >= 0.6 is 0 Å². The summed E-state index contributed by atoms with van der Waals surface area (Å²) in [6.07, 6.45) is 1.37. The van der Waals surface area contributed by atoms with Crippen molar-refractivity contribution < 1.29 is 10.3 Å². The van der Waals surface area contributed by atoms with Gasteiger partial charge in [-0.15, -0.1) is 0 Å². The predicted octanol–water partition coefficient (Wildman–Crippen LogP) is 0.398. The van der Waals surface area contributed by atoms with Crippen LogP contribution in [0.4, 0.5) is 5.95 Å². The van der Waals surface area contributed by atoms with E-state index in [9.17, 15) is 0 Å². The van der Waals surface area contributed by atoms with Gasteiger partial charge in [0.25, 0.3) is 5.95 Å². The van der Waals surface area contributed by atoms with Gasteiger partial charge in [-0.3, -0.25) is 5.21 Å². The van der Waals surface area contributed by atoms with E-state index >= 15 is 0 Å². The molecular weight excluding hydrogens is 146 g/mol. The number of anilines is 1. The van der Waals surface area contributed by atoms with Crippen LogP contribution in [0, 0.1) is 0 Å². The molecule has 0 aliphatic carbocycles. The minimum atomic E-state index is -0.150. The van der Waals surface area contributed by atoms with Crippen molar-refractivity contribution in [1.82, 2.24) is 9.97 Å². The van der Waals surface area contributed by atoms with Crippen molar-refractivity contribution in [3.05, 3.63) is 12.3 Å². The number of nitrogens with zero attached hydrogens (tertiary/aromatic N) is 3. The molecule has 0 radical (unpaired) electrons. The van der Waals surface area contributed by atoms with Crippen molar-refractivity contribution in [3.8, 4) is 5.88 Å². The summed E-state index contributed by atoms with van der Waals surface area (Å²) in [5.41, 5.74) is 0. The second-order valence-corrected chi connectivity index (χ2v) is 1.93. The smallest absolute Gasteiger partial charge is 0.252 e. The number of rotatable bonds is 2. The molecule has 0 saturated carbocycles. The SMILES string of the molecule is CCN(O)c1nccc(O)n1. The molecule has 11 heavy (non-hydrogen) atoms. The zero-order valence-corrected chi connectivity index (χ0v) is 6.10. The van der Waals surface area contributed by atoms with Crippen molar-refractivity contribution in [2.75, 3.05) is 11.6 Å². The van der Waals surface area contributed by atoms with E-state index in [1.54, 1.807) is 6.92 Å². The molecule has 60 valence electrons. The molecule has 1 aromatic heterocycles. The number of hydrogen-bond donors (Lipinski definition) is 2. The van der Waals surface area contributed by atoms with Crippen LogP contribution in [-0.2, 0) is 0 Å². The quantitative estimate of drug-likeness (QED) is 0.605. The fourth-order valence-corrected chi connectivity index (χ4v) is 0.605. The van der Waals surface area contributed by atoms with Gasteiger partial charge in [-0.05, 0) is 6.92 Å².